The molecule has 1 aromatic rings. The lowest BCUT2D eigenvalue weighted by Gasteiger charge is -2.26. The van der Waals surface area contributed by atoms with Gasteiger partial charge in [-0.05, 0) is 18.2 Å². The number of nitrogens with zero attached hydrogens (tertiary/aromatic N) is 1. The minimum Gasteiger partial charge on any atom is -0.379 e. The van der Waals surface area contributed by atoms with Gasteiger partial charge in [0.1, 0.15) is 0 Å². The molecule has 1 aromatic carbocycles. The second kappa shape index (κ2) is 12.5. The van der Waals surface area contributed by atoms with Crippen LogP contribution in [0.15, 0.2) is 24.3 Å². The van der Waals surface area contributed by atoms with Crippen LogP contribution in [0.3, 0.4) is 0 Å². The highest BCUT2D eigenvalue weighted by Gasteiger charge is 2.12. The smallest absolute Gasteiger partial charge is 0.224 e. The lowest BCUT2D eigenvalue weighted by atomic mass is 10.1. The molecular weight excluding hydrogens is 349 g/mol. The van der Waals surface area contributed by atoms with Crippen LogP contribution in [0.1, 0.15) is 18.1 Å². The molecule has 1 amide bonds. The average Bonchev–Trinajstić information content (AvgIpc) is 2.54. The summed E-state index contributed by atoms with van der Waals surface area (Å²) in [7, 11) is 1.86. The van der Waals surface area contributed by atoms with E-state index in [1.807, 2.05) is 14.0 Å². The maximum atomic E-state index is 11.9. The third kappa shape index (κ3) is 7.81. The summed E-state index contributed by atoms with van der Waals surface area (Å²) >= 11 is 0. The highest BCUT2D eigenvalue weighted by atomic mass is 35.5. The van der Waals surface area contributed by atoms with Crippen molar-refractivity contribution in [2.75, 3.05) is 39.9 Å². The Balaban J connectivity index is 0.00000264. The Morgan fingerprint density at radius 1 is 1.25 bits per heavy atom. The molecule has 0 aromatic heterocycles. The van der Waals surface area contributed by atoms with Crippen molar-refractivity contribution < 1.29 is 9.53 Å². The van der Waals surface area contributed by atoms with Gasteiger partial charge in [0.25, 0.3) is 0 Å². The van der Waals surface area contributed by atoms with Crippen LogP contribution in [0.25, 0.3) is 0 Å². The molecule has 0 spiro atoms. The molecule has 1 fully saturated rings. The number of carbonyl (C=O) groups excluding carboxylic acids is 1. The number of hydrogen-bond donors (Lipinski definition) is 2. The molecule has 1 heterocycles. The Morgan fingerprint density at radius 3 is 2.58 bits per heavy atom. The summed E-state index contributed by atoms with van der Waals surface area (Å²) in [6.45, 7) is 7.78. The molecule has 1 atom stereocenters. The van der Waals surface area contributed by atoms with Gasteiger partial charge in [0.15, 0.2) is 0 Å². The van der Waals surface area contributed by atoms with Gasteiger partial charge in [0.05, 0.1) is 13.2 Å². The lowest BCUT2D eigenvalue weighted by Crippen LogP contribution is -2.35. The molecule has 24 heavy (non-hydrogen) atoms. The van der Waals surface area contributed by atoms with Crippen molar-refractivity contribution in [2.24, 2.45) is 5.92 Å². The number of ether oxygens (including phenoxy) is 1. The van der Waals surface area contributed by atoms with Gasteiger partial charge in [-0.2, -0.15) is 0 Å². The minimum absolute atomic E-state index is 0. The van der Waals surface area contributed by atoms with Crippen LogP contribution in [0, 0.1) is 5.92 Å². The van der Waals surface area contributed by atoms with Crippen molar-refractivity contribution in [3.05, 3.63) is 35.4 Å². The predicted octanol–water partition coefficient (Wildman–Crippen LogP) is 1.83. The largest absolute Gasteiger partial charge is 0.379 e. The zero-order valence-electron chi connectivity index (χ0n) is 14.4. The van der Waals surface area contributed by atoms with E-state index >= 15 is 0 Å². The molecule has 1 unspecified atom stereocenters. The highest BCUT2D eigenvalue weighted by Crippen LogP contribution is 2.10. The second-order valence-corrected chi connectivity index (χ2v) is 5.89. The van der Waals surface area contributed by atoms with Crippen molar-refractivity contribution in [1.29, 1.82) is 0 Å². The number of benzene rings is 1. The molecule has 1 aliphatic rings. The SMILES string of the molecule is CNCC(C)C(=O)NCc1cccc(CN2CCOCC2)c1.Cl.Cl. The number of nitrogens with one attached hydrogen (secondary N) is 2. The first kappa shape index (κ1) is 23.1. The quantitative estimate of drug-likeness (QED) is 0.760. The van der Waals surface area contributed by atoms with Crippen LogP contribution in [0.2, 0.25) is 0 Å². The maximum Gasteiger partial charge on any atom is 0.224 e. The van der Waals surface area contributed by atoms with Crippen molar-refractivity contribution in [3.8, 4) is 0 Å². The van der Waals surface area contributed by atoms with Gasteiger partial charge >= 0.3 is 0 Å². The molecule has 7 heteroatoms. The first-order valence-corrected chi connectivity index (χ1v) is 7.99. The van der Waals surface area contributed by atoms with Gasteiger partial charge in [-0.3, -0.25) is 9.69 Å². The molecule has 0 radical (unpaired) electrons. The summed E-state index contributed by atoms with van der Waals surface area (Å²) in [5, 5.41) is 6.03. The third-order valence-corrected chi connectivity index (χ3v) is 3.93. The van der Waals surface area contributed by atoms with Gasteiger partial charge in [0, 0.05) is 38.6 Å². The van der Waals surface area contributed by atoms with E-state index in [1.54, 1.807) is 0 Å². The molecule has 138 valence electrons. The Kier molecular flexibility index (Phi) is 12.1. The Hall–Kier alpha value is -0.850. The van der Waals surface area contributed by atoms with E-state index < -0.39 is 0 Å². The fourth-order valence-electron chi connectivity index (χ4n) is 2.62. The standard InChI is InChI=1S/C17H27N3O2.2ClH/c1-14(11-18-2)17(21)19-12-15-4-3-5-16(10-15)13-20-6-8-22-9-7-20;;/h3-5,10,14,18H,6-9,11-13H2,1-2H3,(H,19,21);2*1H. The molecule has 1 saturated heterocycles. The number of rotatable bonds is 7. The molecular formula is C17H29Cl2N3O2. The van der Waals surface area contributed by atoms with Crippen LogP contribution >= 0.6 is 24.8 Å². The summed E-state index contributed by atoms with van der Waals surface area (Å²) in [6.07, 6.45) is 0. The van der Waals surface area contributed by atoms with Crippen LogP contribution in [-0.4, -0.2) is 50.7 Å². The average molecular weight is 378 g/mol. The fraction of sp³-hybridized carbons (Fsp3) is 0.588. The molecule has 0 bridgehead atoms. The summed E-state index contributed by atoms with van der Waals surface area (Å²) in [4.78, 5) is 14.3. The van der Waals surface area contributed by atoms with E-state index in [9.17, 15) is 4.79 Å². The summed E-state index contributed by atoms with van der Waals surface area (Å²) in [6, 6.07) is 8.45. The maximum absolute atomic E-state index is 11.9. The van der Waals surface area contributed by atoms with Crippen LogP contribution < -0.4 is 10.6 Å². The van der Waals surface area contributed by atoms with Crippen molar-refractivity contribution >= 4 is 30.7 Å². The third-order valence-electron chi connectivity index (χ3n) is 3.93. The monoisotopic (exact) mass is 377 g/mol. The van der Waals surface area contributed by atoms with Crippen LogP contribution in [0.5, 0.6) is 0 Å². The van der Waals surface area contributed by atoms with E-state index in [2.05, 4.69) is 39.8 Å². The predicted molar refractivity (Wildman–Crippen MR) is 102 cm³/mol. The number of halogens is 2. The lowest BCUT2D eigenvalue weighted by molar-refractivity contribution is -0.124. The van der Waals surface area contributed by atoms with Gasteiger partial charge in [0.2, 0.25) is 5.91 Å². The second-order valence-electron chi connectivity index (χ2n) is 5.89. The number of amides is 1. The topological polar surface area (TPSA) is 53.6 Å². The van der Waals surface area contributed by atoms with E-state index in [1.165, 1.54) is 5.56 Å². The van der Waals surface area contributed by atoms with Gasteiger partial charge < -0.3 is 15.4 Å². The Bertz CT molecular complexity index is 483. The molecule has 2 N–H and O–H groups in total. The van der Waals surface area contributed by atoms with Crippen molar-refractivity contribution in [2.45, 2.75) is 20.0 Å². The van der Waals surface area contributed by atoms with E-state index in [0.29, 0.717) is 13.1 Å². The van der Waals surface area contributed by atoms with Crippen molar-refractivity contribution in [1.82, 2.24) is 15.5 Å². The first-order chi connectivity index (χ1) is 10.7. The van der Waals surface area contributed by atoms with Gasteiger partial charge in [-0.1, -0.05) is 31.2 Å². The minimum atomic E-state index is -0.0125. The molecule has 1 aliphatic heterocycles. The zero-order chi connectivity index (χ0) is 15.8. The molecule has 0 aliphatic carbocycles. The van der Waals surface area contributed by atoms with Crippen molar-refractivity contribution in [3.63, 3.8) is 0 Å². The van der Waals surface area contributed by atoms with E-state index in [-0.39, 0.29) is 36.6 Å². The van der Waals surface area contributed by atoms with E-state index in [0.717, 1.165) is 38.4 Å². The zero-order valence-corrected chi connectivity index (χ0v) is 16.0. The first-order valence-electron chi connectivity index (χ1n) is 7.99. The number of morpholine rings is 1. The van der Waals surface area contributed by atoms with Crippen LogP contribution in [-0.2, 0) is 22.6 Å². The van der Waals surface area contributed by atoms with Crippen LogP contribution in [0.4, 0.5) is 0 Å². The normalized spacial score (nSPS) is 15.8. The Morgan fingerprint density at radius 2 is 1.92 bits per heavy atom. The summed E-state index contributed by atoms with van der Waals surface area (Å²) in [5.74, 6) is 0.0782. The van der Waals surface area contributed by atoms with E-state index in [4.69, 9.17) is 4.74 Å². The summed E-state index contributed by atoms with van der Waals surface area (Å²) < 4.78 is 5.37. The molecule has 5 nitrogen and oxygen atoms in total. The number of hydrogen-bond acceptors (Lipinski definition) is 4. The molecule has 2 rings (SSSR count). The molecule has 0 saturated carbocycles. The Labute approximate surface area is 157 Å². The van der Waals surface area contributed by atoms with Gasteiger partial charge in [-0.15, -0.1) is 24.8 Å². The summed E-state index contributed by atoms with van der Waals surface area (Å²) in [5.41, 5.74) is 2.44. The number of carbonyl (C=O) groups is 1. The fourth-order valence-corrected chi connectivity index (χ4v) is 2.62. The highest BCUT2D eigenvalue weighted by molar-refractivity contribution is 5.85. The van der Waals surface area contributed by atoms with Gasteiger partial charge in [-0.25, -0.2) is 0 Å².